The first-order valence-corrected chi connectivity index (χ1v) is 4.61. The highest BCUT2D eigenvalue weighted by Crippen LogP contribution is 2.20. The Kier molecular flexibility index (Phi) is 2.32. The molecular formula is C13H12N. The van der Waals surface area contributed by atoms with Gasteiger partial charge in [0.1, 0.15) is 0 Å². The molecule has 1 aromatic carbocycles. The quantitative estimate of drug-likeness (QED) is 0.659. The first-order chi connectivity index (χ1) is 6.77. The maximum absolute atomic E-state index is 4.36. The van der Waals surface area contributed by atoms with Crippen molar-refractivity contribution < 1.29 is 0 Å². The number of nitrogens with zero attached hydrogens (tertiary/aromatic N) is 1. The molecule has 2 rings (SSSR count). The van der Waals surface area contributed by atoms with Gasteiger partial charge in [-0.1, -0.05) is 30.3 Å². The predicted octanol–water partition coefficient (Wildman–Crippen LogP) is 3.24. The standard InChI is InChI=1S/C13H12N/c1-10-5-7-12(8-6-10)13-11(2)4-3-9-14-13/h3-9H,1H2,2H3. The van der Waals surface area contributed by atoms with Crippen molar-refractivity contribution in [2.45, 2.75) is 6.92 Å². The summed E-state index contributed by atoms with van der Waals surface area (Å²) in [5, 5.41) is 0. The van der Waals surface area contributed by atoms with E-state index in [1.54, 1.807) is 0 Å². The van der Waals surface area contributed by atoms with Gasteiger partial charge in [0, 0.05) is 11.8 Å². The minimum atomic E-state index is 1.03. The average molecular weight is 182 g/mol. The zero-order chi connectivity index (χ0) is 9.97. The summed E-state index contributed by atoms with van der Waals surface area (Å²) in [6, 6.07) is 12.1. The number of hydrogen-bond acceptors (Lipinski definition) is 1. The molecule has 1 heteroatoms. The van der Waals surface area contributed by atoms with Crippen LogP contribution in [0.2, 0.25) is 0 Å². The molecule has 0 unspecified atom stereocenters. The largest absolute Gasteiger partial charge is 0.256 e. The third-order valence-electron chi connectivity index (χ3n) is 2.24. The predicted molar refractivity (Wildman–Crippen MR) is 58.9 cm³/mol. The van der Waals surface area contributed by atoms with Gasteiger partial charge in [0.2, 0.25) is 0 Å². The SMILES string of the molecule is [CH2]c1ccc(-c2ncccc2C)cc1. The number of aryl methyl sites for hydroxylation is 1. The summed E-state index contributed by atoms with van der Waals surface area (Å²) in [7, 11) is 0. The van der Waals surface area contributed by atoms with Crippen LogP contribution in [0.5, 0.6) is 0 Å². The third kappa shape index (κ3) is 1.67. The molecule has 1 radical (unpaired) electrons. The number of hydrogen-bond donors (Lipinski definition) is 0. The molecule has 0 atom stereocenters. The number of rotatable bonds is 1. The van der Waals surface area contributed by atoms with Crippen molar-refractivity contribution in [2.24, 2.45) is 0 Å². The molecule has 0 aliphatic carbocycles. The van der Waals surface area contributed by atoms with Crippen molar-refractivity contribution in [2.75, 3.05) is 0 Å². The second kappa shape index (κ2) is 3.62. The highest BCUT2D eigenvalue weighted by molar-refractivity contribution is 5.62. The van der Waals surface area contributed by atoms with E-state index in [0.29, 0.717) is 0 Å². The van der Waals surface area contributed by atoms with Crippen LogP contribution in [0, 0.1) is 13.8 Å². The molecule has 0 aliphatic heterocycles. The van der Waals surface area contributed by atoms with E-state index in [4.69, 9.17) is 0 Å². The molecular weight excluding hydrogens is 170 g/mol. The van der Waals surface area contributed by atoms with Crippen molar-refractivity contribution in [3.8, 4) is 11.3 Å². The van der Waals surface area contributed by atoms with E-state index in [0.717, 1.165) is 16.8 Å². The Morgan fingerprint density at radius 2 is 1.79 bits per heavy atom. The Morgan fingerprint density at radius 3 is 2.43 bits per heavy atom. The Hall–Kier alpha value is -1.63. The van der Waals surface area contributed by atoms with Gasteiger partial charge in [-0.2, -0.15) is 0 Å². The van der Waals surface area contributed by atoms with Crippen molar-refractivity contribution in [3.63, 3.8) is 0 Å². The lowest BCUT2D eigenvalue weighted by atomic mass is 10.1. The smallest absolute Gasteiger partial charge is 0.0731 e. The number of benzene rings is 1. The van der Waals surface area contributed by atoms with Crippen LogP contribution < -0.4 is 0 Å². The molecule has 0 aliphatic rings. The first kappa shape index (κ1) is 8.95. The molecule has 2 aromatic rings. The molecule has 0 saturated carbocycles. The summed E-state index contributed by atoms with van der Waals surface area (Å²) >= 11 is 0. The lowest BCUT2D eigenvalue weighted by Gasteiger charge is -2.04. The van der Waals surface area contributed by atoms with Crippen molar-refractivity contribution in [3.05, 3.63) is 60.6 Å². The molecule has 0 amide bonds. The lowest BCUT2D eigenvalue weighted by molar-refractivity contribution is 1.27. The Morgan fingerprint density at radius 1 is 1.07 bits per heavy atom. The van der Waals surface area contributed by atoms with Crippen LogP contribution in [-0.2, 0) is 0 Å². The maximum atomic E-state index is 4.36. The third-order valence-corrected chi connectivity index (χ3v) is 2.24. The first-order valence-electron chi connectivity index (χ1n) is 4.61. The normalized spacial score (nSPS) is 10.1. The summed E-state index contributed by atoms with van der Waals surface area (Å²) < 4.78 is 0. The minimum absolute atomic E-state index is 1.03. The molecule has 14 heavy (non-hydrogen) atoms. The zero-order valence-corrected chi connectivity index (χ0v) is 8.20. The van der Waals surface area contributed by atoms with E-state index >= 15 is 0 Å². The molecule has 1 heterocycles. The lowest BCUT2D eigenvalue weighted by Crippen LogP contribution is -1.86. The minimum Gasteiger partial charge on any atom is -0.256 e. The average Bonchev–Trinajstić information content (AvgIpc) is 2.20. The van der Waals surface area contributed by atoms with Crippen LogP contribution in [0.25, 0.3) is 11.3 Å². The van der Waals surface area contributed by atoms with E-state index in [1.807, 2.05) is 24.4 Å². The molecule has 1 nitrogen and oxygen atoms in total. The Bertz CT molecular complexity index is 429. The van der Waals surface area contributed by atoms with E-state index < -0.39 is 0 Å². The van der Waals surface area contributed by atoms with Crippen molar-refractivity contribution >= 4 is 0 Å². The van der Waals surface area contributed by atoms with Gasteiger partial charge in [-0.25, -0.2) is 0 Å². The molecule has 0 saturated heterocycles. The highest BCUT2D eigenvalue weighted by atomic mass is 14.7. The van der Waals surface area contributed by atoms with Crippen molar-refractivity contribution in [1.82, 2.24) is 4.98 Å². The van der Waals surface area contributed by atoms with E-state index in [1.165, 1.54) is 5.56 Å². The van der Waals surface area contributed by atoms with Crippen molar-refractivity contribution in [1.29, 1.82) is 0 Å². The summed E-state index contributed by atoms with van der Waals surface area (Å²) in [5.74, 6) is 0. The second-order valence-corrected chi connectivity index (χ2v) is 3.37. The fourth-order valence-corrected chi connectivity index (χ4v) is 1.45. The molecule has 0 bridgehead atoms. The van der Waals surface area contributed by atoms with Gasteiger partial charge in [0.05, 0.1) is 5.69 Å². The van der Waals surface area contributed by atoms with Gasteiger partial charge >= 0.3 is 0 Å². The van der Waals surface area contributed by atoms with Gasteiger partial charge in [-0.05, 0) is 31.0 Å². The van der Waals surface area contributed by atoms with Crippen LogP contribution in [0.4, 0.5) is 0 Å². The van der Waals surface area contributed by atoms with Gasteiger partial charge in [0.25, 0.3) is 0 Å². The molecule has 0 N–H and O–H groups in total. The van der Waals surface area contributed by atoms with E-state index in [9.17, 15) is 0 Å². The van der Waals surface area contributed by atoms with E-state index in [2.05, 4.69) is 37.0 Å². The van der Waals surface area contributed by atoms with Gasteiger partial charge in [0.15, 0.2) is 0 Å². The van der Waals surface area contributed by atoms with Crippen LogP contribution in [0.15, 0.2) is 42.6 Å². The fraction of sp³-hybridized carbons (Fsp3) is 0.0769. The highest BCUT2D eigenvalue weighted by Gasteiger charge is 2.00. The summed E-state index contributed by atoms with van der Waals surface area (Å²) in [6.07, 6.45) is 1.82. The number of aromatic nitrogens is 1. The van der Waals surface area contributed by atoms with Crippen LogP contribution in [0.3, 0.4) is 0 Å². The molecule has 0 spiro atoms. The van der Waals surface area contributed by atoms with Gasteiger partial charge in [-0.3, -0.25) is 4.98 Å². The second-order valence-electron chi connectivity index (χ2n) is 3.37. The topological polar surface area (TPSA) is 12.9 Å². The number of pyridine rings is 1. The molecule has 1 aromatic heterocycles. The summed E-state index contributed by atoms with van der Waals surface area (Å²) in [5.41, 5.74) is 4.43. The Labute approximate surface area is 84.4 Å². The van der Waals surface area contributed by atoms with Crippen LogP contribution in [0.1, 0.15) is 11.1 Å². The fourth-order valence-electron chi connectivity index (χ4n) is 1.45. The summed E-state index contributed by atoms with van der Waals surface area (Å²) in [4.78, 5) is 4.36. The molecule has 0 fully saturated rings. The maximum Gasteiger partial charge on any atom is 0.0731 e. The van der Waals surface area contributed by atoms with Crippen LogP contribution >= 0.6 is 0 Å². The monoisotopic (exact) mass is 182 g/mol. The zero-order valence-electron chi connectivity index (χ0n) is 8.20. The van der Waals surface area contributed by atoms with E-state index in [-0.39, 0.29) is 0 Å². The summed E-state index contributed by atoms with van der Waals surface area (Å²) in [6.45, 7) is 5.93. The Balaban J connectivity index is 2.50. The van der Waals surface area contributed by atoms with Gasteiger partial charge in [-0.15, -0.1) is 0 Å². The van der Waals surface area contributed by atoms with Crippen LogP contribution in [-0.4, -0.2) is 4.98 Å². The molecule has 69 valence electrons. The van der Waals surface area contributed by atoms with Gasteiger partial charge < -0.3 is 0 Å².